The Kier molecular flexibility index (Phi) is 4.34. The van der Waals surface area contributed by atoms with Crippen LogP contribution in [0.3, 0.4) is 0 Å². The third kappa shape index (κ3) is 3.62. The molecule has 0 saturated carbocycles. The molecule has 0 aromatic heterocycles. The van der Waals surface area contributed by atoms with Crippen molar-refractivity contribution in [1.29, 1.82) is 0 Å². The lowest BCUT2D eigenvalue weighted by molar-refractivity contribution is 0.0696. The van der Waals surface area contributed by atoms with Crippen molar-refractivity contribution >= 4 is 31.7 Å². The number of phenolic OH excluding ortho intramolecular Hbond substituents is 1. The second kappa shape index (κ2) is 5.87. The fourth-order valence-corrected chi connectivity index (χ4v) is 4.21. The van der Waals surface area contributed by atoms with Crippen molar-refractivity contribution in [3.8, 4) is 5.75 Å². The Morgan fingerprint density at radius 2 is 1.71 bits per heavy atom. The topological polar surface area (TPSA) is 91.7 Å². The van der Waals surface area contributed by atoms with Crippen molar-refractivity contribution in [3.05, 3.63) is 58.1 Å². The Morgan fingerprint density at radius 3 is 2.29 bits per heavy atom. The van der Waals surface area contributed by atoms with E-state index in [1.807, 2.05) is 0 Å². The maximum absolute atomic E-state index is 12.4. The number of halogens is 1. The van der Waals surface area contributed by atoms with Crippen molar-refractivity contribution in [1.82, 2.24) is 0 Å². The van der Waals surface area contributed by atoms with Crippen molar-refractivity contribution in [3.63, 3.8) is 0 Å². The van der Waals surface area contributed by atoms with E-state index < -0.39 is 15.8 Å². The van der Waals surface area contributed by atoms with E-state index in [0.29, 0.717) is 10.0 Å². The smallest absolute Gasteiger partial charge is 0.335 e. The number of carboxylic acid groups (broad SMARTS) is 1. The van der Waals surface area contributed by atoms with Gasteiger partial charge in [0, 0.05) is 4.47 Å². The van der Waals surface area contributed by atoms with Crippen molar-refractivity contribution < 1.29 is 23.4 Å². The molecule has 2 rings (SSSR count). The monoisotopic (exact) mass is 370 g/mol. The molecule has 21 heavy (non-hydrogen) atoms. The molecule has 0 aliphatic rings. The zero-order valence-electron chi connectivity index (χ0n) is 10.7. The highest BCUT2D eigenvalue weighted by molar-refractivity contribution is 9.10. The Labute approximate surface area is 129 Å². The minimum absolute atomic E-state index is 0.0465. The van der Waals surface area contributed by atoms with Crippen LogP contribution in [0.4, 0.5) is 0 Å². The minimum Gasteiger partial charge on any atom is -0.508 e. The van der Waals surface area contributed by atoms with Crippen LogP contribution in [0.15, 0.2) is 51.8 Å². The molecular weight excluding hydrogens is 360 g/mol. The predicted molar refractivity (Wildman–Crippen MR) is 80.1 cm³/mol. The normalized spacial score (nSPS) is 11.3. The zero-order chi connectivity index (χ0) is 15.6. The van der Waals surface area contributed by atoms with Crippen LogP contribution >= 0.6 is 15.9 Å². The van der Waals surface area contributed by atoms with Gasteiger partial charge >= 0.3 is 5.97 Å². The summed E-state index contributed by atoms with van der Waals surface area (Å²) in [6.07, 6.45) is 0. The molecule has 2 aromatic rings. The van der Waals surface area contributed by atoms with Gasteiger partial charge in [0.25, 0.3) is 0 Å². The molecule has 0 heterocycles. The van der Waals surface area contributed by atoms with Gasteiger partial charge in [0.15, 0.2) is 9.84 Å². The first-order valence-electron chi connectivity index (χ1n) is 5.83. The number of sulfone groups is 1. The van der Waals surface area contributed by atoms with Crippen LogP contribution in [-0.4, -0.2) is 24.6 Å². The number of aromatic carboxylic acids is 1. The van der Waals surface area contributed by atoms with Gasteiger partial charge in [-0.2, -0.15) is 0 Å². The van der Waals surface area contributed by atoms with Crippen LogP contribution in [-0.2, 0) is 15.6 Å². The van der Waals surface area contributed by atoms with E-state index in [9.17, 15) is 18.3 Å². The second-order valence-corrected chi connectivity index (χ2v) is 7.19. The molecule has 0 unspecified atom stereocenters. The van der Waals surface area contributed by atoms with Gasteiger partial charge in [0.2, 0.25) is 0 Å². The van der Waals surface area contributed by atoms with Crippen molar-refractivity contribution in [2.45, 2.75) is 10.6 Å². The van der Waals surface area contributed by atoms with E-state index in [2.05, 4.69) is 15.9 Å². The number of carbonyl (C=O) groups is 1. The van der Waals surface area contributed by atoms with E-state index in [0.717, 1.165) is 6.07 Å². The number of phenols is 1. The van der Waals surface area contributed by atoms with Gasteiger partial charge in [-0.15, -0.1) is 0 Å². The average molecular weight is 371 g/mol. The van der Waals surface area contributed by atoms with E-state index in [1.54, 1.807) is 0 Å². The van der Waals surface area contributed by atoms with E-state index in [1.165, 1.54) is 36.4 Å². The molecule has 0 bridgehead atoms. The maximum atomic E-state index is 12.4. The summed E-state index contributed by atoms with van der Waals surface area (Å²) in [5.74, 6) is -1.43. The number of hydrogen-bond acceptors (Lipinski definition) is 4. The molecule has 0 atom stereocenters. The van der Waals surface area contributed by atoms with Crippen LogP contribution in [0.1, 0.15) is 15.9 Å². The number of carboxylic acids is 1. The summed E-state index contributed by atoms with van der Waals surface area (Å²) in [7, 11) is -3.70. The third-order valence-electron chi connectivity index (χ3n) is 2.81. The first-order valence-corrected chi connectivity index (χ1v) is 8.27. The Morgan fingerprint density at radius 1 is 1.10 bits per heavy atom. The van der Waals surface area contributed by atoms with Gasteiger partial charge in [-0.1, -0.05) is 12.1 Å². The molecular formula is C14H11BrO5S. The third-order valence-corrected chi connectivity index (χ3v) is 5.48. The van der Waals surface area contributed by atoms with Crippen LogP contribution in [0.5, 0.6) is 5.75 Å². The highest BCUT2D eigenvalue weighted by Gasteiger charge is 2.20. The first kappa shape index (κ1) is 15.5. The second-order valence-electron chi connectivity index (χ2n) is 4.38. The fourth-order valence-electron chi connectivity index (χ4n) is 1.76. The van der Waals surface area contributed by atoms with Crippen LogP contribution in [0.25, 0.3) is 0 Å². The molecule has 110 valence electrons. The fraction of sp³-hybridized carbons (Fsp3) is 0.0714. The highest BCUT2D eigenvalue weighted by Crippen LogP contribution is 2.27. The minimum atomic E-state index is -3.70. The summed E-state index contributed by atoms with van der Waals surface area (Å²) in [5, 5.41) is 18.1. The molecule has 0 aliphatic carbocycles. The van der Waals surface area contributed by atoms with Gasteiger partial charge in [0.05, 0.1) is 16.2 Å². The largest absolute Gasteiger partial charge is 0.508 e. The number of aromatic hydroxyl groups is 1. The first-order chi connectivity index (χ1) is 9.79. The average Bonchev–Trinajstić information content (AvgIpc) is 2.41. The summed E-state index contributed by atoms with van der Waals surface area (Å²) in [6.45, 7) is 0. The van der Waals surface area contributed by atoms with Gasteiger partial charge in [-0.3, -0.25) is 0 Å². The summed E-state index contributed by atoms with van der Waals surface area (Å²) < 4.78 is 25.1. The summed E-state index contributed by atoms with van der Waals surface area (Å²) >= 11 is 3.13. The van der Waals surface area contributed by atoms with E-state index in [-0.39, 0.29) is 22.0 Å². The molecule has 2 aromatic carbocycles. The van der Waals surface area contributed by atoms with Gasteiger partial charge in [0.1, 0.15) is 5.75 Å². The molecule has 0 aliphatic heterocycles. The molecule has 0 spiro atoms. The van der Waals surface area contributed by atoms with Crippen LogP contribution in [0, 0.1) is 0 Å². The predicted octanol–water partition coefficient (Wildman–Crippen LogP) is 2.83. The lowest BCUT2D eigenvalue weighted by Crippen LogP contribution is -2.08. The van der Waals surface area contributed by atoms with Crippen molar-refractivity contribution in [2.75, 3.05) is 0 Å². The number of benzene rings is 2. The standard InChI is InChI=1S/C14H11BrO5S/c15-12-6-3-10(14(17)18)7-13(12)21(19,20)8-9-1-4-11(16)5-2-9/h1-7,16H,8H2,(H,17,18). The highest BCUT2D eigenvalue weighted by atomic mass is 79.9. The molecule has 0 amide bonds. The zero-order valence-corrected chi connectivity index (χ0v) is 13.1. The molecule has 0 fully saturated rings. The summed E-state index contributed by atoms with van der Waals surface area (Å²) in [4.78, 5) is 10.9. The summed E-state index contributed by atoms with van der Waals surface area (Å²) in [6, 6.07) is 9.64. The molecule has 7 heteroatoms. The Balaban J connectivity index is 2.41. The SMILES string of the molecule is O=C(O)c1ccc(Br)c(S(=O)(=O)Cc2ccc(O)cc2)c1. The van der Waals surface area contributed by atoms with E-state index >= 15 is 0 Å². The number of hydrogen-bond donors (Lipinski definition) is 2. The van der Waals surface area contributed by atoms with Gasteiger partial charge < -0.3 is 10.2 Å². The van der Waals surface area contributed by atoms with Gasteiger partial charge in [-0.05, 0) is 51.8 Å². The van der Waals surface area contributed by atoms with Crippen LogP contribution in [0.2, 0.25) is 0 Å². The number of rotatable bonds is 4. The van der Waals surface area contributed by atoms with E-state index in [4.69, 9.17) is 5.11 Å². The molecule has 0 saturated heterocycles. The lowest BCUT2D eigenvalue weighted by Gasteiger charge is -2.08. The summed E-state index contributed by atoms with van der Waals surface area (Å²) in [5.41, 5.74) is 0.405. The molecule has 5 nitrogen and oxygen atoms in total. The van der Waals surface area contributed by atoms with Crippen LogP contribution < -0.4 is 0 Å². The van der Waals surface area contributed by atoms with Crippen molar-refractivity contribution in [2.24, 2.45) is 0 Å². The quantitative estimate of drug-likeness (QED) is 0.863. The Bertz CT molecular complexity index is 782. The Hall–Kier alpha value is -1.86. The lowest BCUT2D eigenvalue weighted by atomic mass is 10.2. The molecule has 2 N–H and O–H groups in total. The molecule has 0 radical (unpaired) electrons. The maximum Gasteiger partial charge on any atom is 0.335 e. The van der Waals surface area contributed by atoms with Gasteiger partial charge in [-0.25, -0.2) is 13.2 Å².